The second-order valence-corrected chi connectivity index (χ2v) is 8.76. The molecule has 0 spiro atoms. The number of anilines is 1. The van der Waals surface area contributed by atoms with Gasteiger partial charge in [-0.3, -0.25) is 9.78 Å². The molecule has 180 valence electrons. The predicted octanol–water partition coefficient (Wildman–Crippen LogP) is 3.28. The summed E-state index contributed by atoms with van der Waals surface area (Å²) < 4.78 is 23.2. The summed E-state index contributed by atoms with van der Waals surface area (Å²) >= 11 is 6.40. The van der Waals surface area contributed by atoms with E-state index in [1.54, 1.807) is 18.5 Å². The van der Waals surface area contributed by atoms with Crippen molar-refractivity contribution in [2.75, 3.05) is 5.32 Å². The number of fused-ring (bicyclic) bond motifs is 1. The third-order valence-corrected chi connectivity index (χ3v) is 6.08. The van der Waals surface area contributed by atoms with E-state index in [2.05, 4.69) is 20.6 Å². The molecule has 0 fully saturated rings. The molecular formula is C22H18FN5O5S2. The van der Waals surface area contributed by atoms with Crippen LogP contribution in [0.25, 0.3) is 20.9 Å². The molecule has 1 amide bonds. The first kappa shape index (κ1) is 24.2. The molecule has 4 rings (SSSR count). The number of ether oxygens (including phenoxy) is 1. The van der Waals surface area contributed by atoms with E-state index in [9.17, 15) is 19.1 Å². The van der Waals surface area contributed by atoms with Crippen molar-refractivity contribution in [2.45, 2.75) is 12.5 Å². The second kappa shape index (κ2) is 10.1. The normalized spacial score (nSPS) is 11.7. The zero-order valence-electron chi connectivity index (χ0n) is 18.1. The van der Waals surface area contributed by atoms with E-state index < -0.39 is 30.2 Å². The van der Waals surface area contributed by atoms with Crippen molar-refractivity contribution in [3.63, 3.8) is 0 Å². The largest absolute Gasteiger partial charge is 0.479 e. The van der Waals surface area contributed by atoms with Crippen LogP contribution in [0.15, 0.2) is 48.9 Å². The van der Waals surface area contributed by atoms with Gasteiger partial charge < -0.3 is 30.2 Å². The zero-order chi connectivity index (χ0) is 25.1. The van der Waals surface area contributed by atoms with Crippen molar-refractivity contribution >= 4 is 56.4 Å². The molecule has 13 heteroatoms. The Hall–Kier alpha value is -3.94. The van der Waals surface area contributed by atoms with Crippen LogP contribution >= 0.6 is 23.6 Å². The van der Waals surface area contributed by atoms with Gasteiger partial charge in [-0.25, -0.2) is 14.2 Å². The van der Waals surface area contributed by atoms with Crippen molar-refractivity contribution < 1.29 is 28.9 Å². The van der Waals surface area contributed by atoms with Crippen LogP contribution in [0.3, 0.4) is 0 Å². The number of aryl methyl sites for hydroxylation is 1. The van der Waals surface area contributed by atoms with Crippen LogP contribution in [0.1, 0.15) is 6.42 Å². The second-order valence-electron chi connectivity index (χ2n) is 7.30. The average molecular weight is 516 g/mol. The quantitative estimate of drug-likeness (QED) is 0.273. The number of carboxylic acids is 1. The minimum Gasteiger partial charge on any atom is -0.479 e. The molecular weight excluding hydrogens is 497 g/mol. The average Bonchev–Trinajstić information content (AvgIpc) is 3.41. The first-order valence-electron chi connectivity index (χ1n) is 10.1. The highest BCUT2D eigenvalue weighted by atomic mass is 32.1. The molecule has 0 saturated carbocycles. The summed E-state index contributed by atoms with van der Waals surface area (Å²) in [5, 5.41) is 22.5. The van der Waals surface area contributed by atoms with Crippen LogP contribution in [-0.2, 0) is 16.6 Å². The lowest BCUT2D eigenvalue weighted by Gasteiger charge is -2.12. The van der Waals surface area contributed by atoms with Crippen LogP contribution in [-0.4, -0.2) is 47.8 Å². The van der Waals surface area contributed by atoms with Crippen molar-refractivity contribution in [1.82, 2.24) is 19.9 Å². The van der Waals surface area contributed by atoms with Gasteiger partial charge in [0.2, 0.25) is 5.91 Å². The number of pyridine rings is 1. The van der Waals surface area contributed by atoms with Gasteiger partial charge in [0, 0.05) is 43.5 Å². The van der Waals surface area contributed by atoms with Crippen molar-refractivity contribution in [1.29, 1.82) is 0 Å². The number of thiophene rings is 1. The molecule has 0 saturated heterocycles. The minimum atomic E-state index is -1.85. The molecule has 0 radical (unpaired) electrons. The van der Waals surface area contributed by atoms with Crippen LogP contribution in [0, 0.1) is 5.82 Å². The molecule has 1 aromatic carbocycles. The predicted molar refractivity (Wildman–Crippen MR) is 131 cm³/mol. The number of carbonyl (C=O) groups excluding carboxylic acids is 1. The molecule has 0 aliphatic rings. The summed E-state index contributed by atoms with van der Waals surface area (Å²) in [6.45, 7) is 0. The summed E-state index contributed by atoms with van der Waals surface area (Å²) in [5.74, 6) is -1.84. The Bertz CT molecular complexity index is 1440. The van der Waals surface area contributed by atoms with Gasteiger partial charge in [0.05, 0.1) is 21.5 Å². The summed E-state index contributed by atoms with van der Waals surface area (Å²) in [4.78, 5) is 31.9. The molecule has 4 aromatic rings. The number of nitrogens with zero attached hydrogens (tertiary/aromatic N) is 3. The maximum Gasteiger partial charge on any atom is 0.333 e. The van der Waals surface area contributed by atoms with E-state index in [4.69, 9.17) is 22.1 Å². The maximum absolute atomic E-state index is 14.8. The number of aliphatic hydroxyl groups is 1. The minimum absolute atomic E-state index is 0.0328. The highest BCUT2D eigenvalue weighted by molar-refractivity contribution is 7.80. The van der Waals surface area contributed by atoms with E-state index in [1.807, 2.05) is 23.9 Å². The van der Waals surface area contributed by atoms with Crippen LogP contribution in [0.4, 0.5) is 10.1 Å². The van der Waals surface area contributed by atoms with Crippen LogP contribution in [0.5, 0.6) is 11.5 Å². The maximum atomic E-state index is 14.8. The van der Waals surface area contributed by atoms with Gasteiger partial charge in [-0.1, -0.05) is 0 Å². The fraction of sp³-hybridized carbons (Fsp3) is 0.136. The number of aliphatic hydroxyl groups excluding tert-OH is 1. The van der Waals surface area contributed by atoms with E-state index in [-0.39, 0.29) is 16.5 Å². The lowest BCUT2D eigenvalue weighted by atomic mass is 10.2. The number of carbonyl (C=O) groups is 2. The molecule has 1 atom stereocenters. The smallest absolute Gasteiger partial charge is 0.333 e. The summed E-state index contributed by atoms with van der Waals surface area (Å²) in [6, 6.07) is 7.56. The van der Waals surface area contributed by atoms with Gasteiger partial charge in [-0.05, 0) is 30.4 Å². The van der Waals surface area contributed by atoms with Gasteiger partial charge in [0.1, 0.15) is 11.6 Å². The van der Waals surface area contributed by atoms with Gasteiger partial charge in [-0.15, -0.1) is 11.3 Å². The van der Waals surface area contributed by atoms with Crippen LogP contribution in [0.2, 0.25) is 0 Å². The number of aromatic nitrogens is 3. The summed E-state index contributed by atoms with van der Waals surface area (Å²) in [5.41, 5.74) is 0.922. The number of imidazole rings is 1. The van der Waals surface area contributed by atoms with Crippen molar-refractivity contribution in [3.8, 4) is 22.2 Å². The molecule has 3 heterocycles. The number of nitrogens with one attached hydrogen (secondary N) is 2. The van der Waals surface area contributed by atoms with E-state index in [0.29, 0.717) is 11.3 Å². The molecule has 3 aromatic heterocycles. The molecule has 0 bridgehead atoms. The number of benzene rings is 1. The molecule has 0 aliphatic heterocycles. The number of amides is 1. The SMILES string of the molecule is Cn1ccnc1-c1cc2nccc(Oc3ccc(NC(=S)NC(=O)CC(O)C(=O)O)cc3F)c2s1. The fourth-order valence-corrected chi connectivity index (χ4v) is 4.43. The highest BCUT2D eigenvalue weighted by Gasteiger charge is 2.19. The molecule has 0 aliphatic carbocycles. The van der Waals surface area contributed by atoms with Crippen LogP contribution < -0.4 is 15.4 Å². The van der Waals surface area contributed by atoms with Gasteiger partial charge >= 0.3 is 5.97 Å². The number of hydrogen-bond donors (Lipinski definition) is 4. The number of halogens is 1. The molecule has 1 unspecified atom stereocenters. The first-order valence-corrected chi connectivity index (χ1v) is 11.3. The molecule has 10 nitrogen and oxygen atoms in total. The Morgan fingerprint density at radius 3 is 2.71 bits per heavy atom. The Labute approximate surface area is 207 Å². The first-order chi connectivity index (χ1) is 16.7. The van der Waals surface area contributed by atoms with Crippen molar-refractivity contribution in [2.24, 2.45) is 7.05 Å². The van der Waals surface area contributed by atoms with E-state index in [0.717, 1.165) is 21.5 Å². The molecule has 4 N–H and O–H groups in total. The Morgan fingerprint density at radius 2 is 2.03 bits per heavy atom. The lowest BCUT2D eigenvalue weighted by Crippen LogP contribution is -2.37. The Kier molecular flexibility index (Phi) is 7.00. The zero-order valence-corrected chi connectivity index (χ0v) is 19.7. The van der Waals surface area contributed by atoms with Crippen molar-refractivity contribution in [3.05, 3.63) is 54.7 Å². The third-order valence-electron chi connectivity index (χ3n) is 4.74. The third kappa shape index (κ3) is 5.59. The Morgan fingerprint density at radius 1 is 1.23 bits per heavy atom. The van der Waals surface area contributed by atoms with E-state index in [1.165, 1.54) is 23.5 Å². The summed E-state index contributed by atoms with van der Waals surface area (Å²) in [7, 11) is 1.89. The number of aliphatic carboxylic acids is 1. The number of thiocarbonyl (C=S) groups is 1. The highest BCUT2D eigenvalue weighted by Crippen LogP contribution is 2.39. The topological polar surface area (TPSA) is 139 Å². The molecule has 35 heavy (non-hydrogen) atoms. The van der Waals surface area contributed by atoms with Gasteiger partial charge in [-0.2, -0.15) is 0 Å². The van der Waals surface area contributed by atoms with Gasteiger partial charge in [0.15, 0.2) is 22.8 Å². The number of carboxylic acid groups (broad SMARTS) is 1. The summed E-state index contributed by atoms with van der Waals surface area (Å²) in [6.07, 6.45) is 2.58. The lowest BCUT2D eigenvalue weighted by molar-refractivity contribution is -0.148. The standard InChI is InChI=1S/C22H18FN5O5S2/c1-28-7-6-25-20(28)17-9-13-19(35-17)16(4-5-24-13)33-15-3-2-11(8-12(15)23)26-22(34)27-18(30)10-14(29)21(31)32/h2-9,14,29H,10H2,1H3,(H,31,32)(H2,26,27,30,34). The Balaban J connectivity index is 1.46. The fourth-order valence-electron chi connectivity index (χ4n) is 3.09. The van der Waals surface area contributed by atoms with E-state index >= 15 is 0 Å². The number of rotatable bonds is 7. The monoisotopic (exact) mass is 515 g/mol. The number of hydrogen-bond acceptors (Lipinski definition) is 8. The van der Waals surface area contributed by atoms with Gasteiger partial charge in [0.25, 0.3) is 0 Å².